The summed E-state index contributed by atoms with van der Waals surface area (Å²) in [6.45, 7) is 2.72. The van der Waals surface area contributed by atoms with E-state index in [1.165, 1.54) is 17.0 Å². The maximum absolute atomic E-state index is 13.5. The summed E-state index contributed by atoms with van der Waals surface area (Å²) in [5, 5.41) is 1.01. The van der Waals surface area contributed by atoms with Crippen LogP contribution in [0.5, 0.6) is 0 Å². The number of alkyl halides is 1. The fraction of sp³-hybridized carbons (Fsp3) is 0.333. The molecule has 2 aromatic heterocycles. The number of imidazole rings is 1. The van der Waals surface area contributed by atoms with E-state index >= 15 is 0 Å². The molecule has 3 rings (SSSR count). The Kier molecular flexibility index (Phi) is 4.22. The molecule has 0 aliphatic heterocycles. The Morgan fingerprint density at radius 1 is 1.38 bits per heavy atom. The lowest BCUT2D eigenvalue weighted by molar-refractivity contribution is 0.628. The van der Waals surface area contributed by atoms with Crippen molar-refractivity contribution in [2.24, 2.45) is 0 Å². The quantitative estimate of drug-likeness (QED) is 0.664. The van der Waals surface area contributed by atoms with Crippen molar-refractivity contribution >= 4 is 34.0 Å². The molecule has 0 unspecified atom stereocenters. The molecular weight excluding hydrogens is 309 g/mol. The average Bonchev–Trinajstić information content (AvgIpc) is 3.06. The molecule has 0 aliphatic rings. The summed E-state index contributed by atoms with van der Waals surface area (Å²) in [7, 11) is 0. The summed E-state index contributed by atoms with van der Waals surface area (Å²) in [4.78, 5) is 10.2. The Morgan fingerprint density at radius 2 is 2.24 bits per heavy atom. The van der Waals surface area contributed by atoms with Crippen LogP contribution in [0.25, 0.3) is 11.0 Å². The highest BCUT2D eigenvalue weighted by Crippen LogP contribution is 2.22. The van der Waals surface area contributed by atoms with Gasteiger partial charge < -0.3 is 4.57 Å². The summed E-state index contributed by atoms with van der Waals surface area (Å²) in [5.74, 6) is 1.11. The highest BCUT2D eigenvalue weighted by molar-refractivity contribution is 7.11. The minimum absolute atomic E-state index is 0.255. The zero-order valence-corrected chi connectivity index (χ0v) is 13.2. The van der Waals surface area contributed by atoms with Crippen LogP contribution in [-0.2, 0) is 19.4 Å². The number of nitrogens with zero attached hydrogens (tertiary/aromatic N) is 3. The minimum Gasteiger partial charge on any atom is -0.321 e. The summed E-state index contributed by atoms with van der Waals surface area (Å²) in [5.41, 5.74) is 1.59. The van der Waals surface area contributed by atoms with Gasteiger partial charge in [0.15, 0.2) is 0 Å². The Bertz CT molecular complexity index is 765. The van der Waals surface area contributed by atoms with Crippen molar-refractivity contribution in [1.29, 1.82) is 0 Å². The number of halogens is 2. The van der Waals surface area contributed by atoms with E-state index in [2.05, 4.69) is 16.9 Å². The maximum atomic E-state index is 13.5. The molecule has 3 nitrogen and oxygen atoms in total. The van der Waals surface area contributed by atoms with Crippen molar-refractivity contribution in [3.63, 3.8) is 0 Å². The summed E-state index contributed by atoms with van der Waals surface area (Å²) in [6, 6.07) is 4.66. The second-order valence-electron chi connectivity index (χ2n) is 4.76. The van der Waals surface area contributed by atoms with Crippen LogP contribution in [0.2, 0.25) is 0 Å². The number of aryl methyl sites for hydroxylation is 2. The van der Waals surface area contributed by atoms with Gasteiger partial charge in [-0.1, -0.05) is 6.92 Å². The van der Waals surface area contributed by atoms with Crippen LogP contribution in [0.4, 0.5) is 4.39 Å². The van der Waals surface area contributed by atoms with E-state index in [0.29, 0.717) is 18.8 Å². The van der Waals surface area contributed by atoms with Crippen LogP contribution in [-0.4, -0.2) is 20.4 Å². The Hall–Kier alpha value is -1.46. The molecule has 110 valence electrons. The van der Waals surface area contributed by atoms with E-state index in [9.17, 15) is 4.39 Å². The average molecular weight is 324 g/mol. The van der Waals surface area contributed by atoms with Gasteiger partial charge in [-0.3, -0.25) is 0 Å². The normalized spacial score (nSPS) is 11.4. The van der Waals surface area contributed by atoms with Gasteiger partial charge in [-0.2, -0.15) is 0 Å². The third kappa shape index (κ3) is 2.94. The summed E-state index contributed by atoms with van der Waals surface area (Å²) in [6.07, 6.45) is 3.54. The van der Waals surface area contributed by atoms with Crippen molar-refractivity contribution in [2.75, 3.05) is 5.88 Å². The van der Waals surface area contributed by atoms with E-state index in [1.807, 2.05) is 10.8 Å². The van der Waals surface area contributed by atoms with Gasteiger partial charge in [0, 0.05) is 23.4 Å². The van der Waals surface area contributed by atoms with Crippen molar-refractivity contribution in [1.82, 2.24) is 14.5 Å². The Balaban J connectivity index is 2.05. The van der Waals surface area contributed by atoms with Gasteiger partial charge in [0.05, 0.1) is 17.6 Å². The number of fused-ring (bicyclic) bond motifs is 1. The van der Waals surface area contributed by atoms with Gasteiger partial charge in [-0.15, -0.1) is 22.9 Å². The highest BCUT2D eigenvalue weighted by atomic mass is 35.5. The molecule has 1 aromatic carbocycles. The smallest absolute Gasteiger partial charge is 0.125 e. The zero-order valence-electron chi connectivity index (χ0n) is 11.6. The van der Waals surface area contributed by atoms with Crippen LogP contribution in [0.1, 0.15) is 22.6 Å². The molecule has 0 aliphatic carbocycles. The second kappa shape index (κ2) is 6.12. The molecule has 0 saturated carbocycles. The monoisotopic (exact) mass is 323 g/mol. The SMILES string of the molecule is CCc1cnc(Cn2c(CCCl)nc3ccc(F)cc32)s1. The van der Waals surface area contributed by atoms with Crippen LogP contribution in [0.15, 0.2) is 24.4 Å². The molecule has 21 heavy (non-hydrogen) atoms. The van der Waals surface area contributed by atoms with Crippen molar-refractivity contribution in [3.8, 4) is 0 Å². The van der Waals surface area contributed by atoms with Crippen molar-refractivity contribution < 1.29 is 4.39 Å². The number of aromatic nitrogens is 3. The minimum atomic E-state index is -0.255. The molecule has 0 bridgehead atoms. The van der Waals surface area contributed by atoms with E-state index in [1.54, 1.807) is 17.4 Å². The van der Waals surface area contributed by atoms with Gasteiger partial charge in [0.1, 0.15) is 16.6 Å². The molecule has 0 fully saturated rings. The largest absolute Gasteiger partial charge is 0.321 e. The van der Waals surface area contributed by atoms with Gasteiger partial charge in [0.2, 0.25) is 0 Å². The van der Waals surface area contributed by atoms with Crippen LogP contribution < -0.4 is 0 Å². The summed E-state index contributed by atoms with van der Waals surface area (Å²) >= 11 is 7.54. The van der Waals surface area contributed by atoms with Gasteiger partial charge in [0.25, 0.3) is 0 Å². The molecule has 0 radical (unpaired) electrons. The molecule has 6 heteroatoms. The van der Waals surface area contributed by atoms with E-state index in [-0.39, 0.29) is 5.82 Å². The van der Waals surface area contributed by atoms with E-state index < -0.39 is 0 Å². The van der Waals surface area contributed by atoms with Crippen LogP contribution in [0, 0.1) is 5.82 Å². The molecule has 0 saturated heterocycles. The number of thiazole rings is 1. The number of rotatable bonds is 5. The predicted molar refractivity (Wildman–Crippen MR) is 84.7 cm³/mol. The Labute approximate surface area is 131 Å². The van der Waals surface area contributed by atoms with Crippen LogP contribution in [0.3, 0.4) is 0 Å². The van der Waals surface area contributed by atoms with Gasteiger partial charge >= 0.3 is 0 Å². The third-order valence-corrected chi connectivity index (χ3v) is 4.67. The lowest BCUT2D eigenvalue weighted by Crippen LogP contribution is -2.05. The van der Waals surface area contributed by atoms with Crippen molar-refractivity contribution in [2.45, 2.75) is 26.3 Å². The standard InChI is InChI=1S/C15H15ClFN3S/c1-2-11-8-18-15(21-11)9-20-13-7-10(17)3-4-12(13)19-14(20)5-6-16/h3-4,7-8H,2,5-6,9H2,1H3. The Morgan fingerprint density at radius 3 is 2.95 bits per heavy atom. The fourth-order valence-electron chi connectivity index (χ4n) is 2.32. The topological polar surface area (TPSA) is 30.7 Å². The molecule has 3 aromatic rings. The predicted octanol–water partition coefficient (Wildman–Crippen LogP) is 4.02. The molecular formula is C15H15ClFN3S. The lowest BCUT2D eigenvalue weighted by Gasteiger charge is -2.06. The molecule has 0 N–H and O–H groups in total. The van der Waals surface area contributed by atoms with Crippen LogP contribution >= 0.6 is 22.9 Å². The maximum Gasteiger partial charge on any atom is 0.125 e. The molecule has 2 heterocycles. The first kappa shape index (κ1) is 14.5. The number of hydrogen-bond donors (Lipinski definition) is 0. The fourth-order valence-corrected chi connectivity index (χ4v) is 3.34. The molecule has 0 atom stereocenters. The van der Waals surface area contributed by atoms with Crippen molar-refractivity contribution in [3.05, 3.63) is 45.9 Å². The molecule has 0 spiro atoms. The lowest BCUT2D eigenvalue weighted by atomic mass is 10.3. The van der Waals surface area contributed by atoms with Gasteiger partial charge in [-0.05, 0) is 24.6 Å². The zero-order chi connectivity index (χ0) is 14.8. The number of hydrogen-bond acceptors (Lipinski definition) is 3. The van der Waals surface area contributed by atoms with E-state index in [4.69, 9.17) is 11.6 Å². The first-order valence-corrected chi connectivity index (χ1v) is 8.20. The number of benzene rings is 1. The van der Waals surface area contributed by atoms with Gasteiger partial charge in [-0.25, -0.2) is 14.4 Å². The van der Waals surface area contributed by atoms with E-state index in [0.717, 1.165) is 28.3 Å². The first-order valence-electron chi connectivity index (χ1n) is 6.85. The molecule has 0 amide bonds. The third-order valence-electron chi connectivity index (χ3n) is 3.35. The summed E-state index contributed by atoms with van der Waals surface area (Å²) < 4.78 is 15.5. The second-order valence-corrected chi connectivity index (χ2v) is 6.34. The first-order chi connectivity index (χ1) is 10.2. The highest BCUT2D eigenvalue weighted by Gasteiger charge is 2.13.